The predicted octanol–water partition coefficient (Wildman–Crippen LogP) is 7.93. The van der Waals surface area contributed by atoms with E-state index in [1.54, 1.807) is 14.2 Å². The quantitative estimate of drug-likeness (QED) is 0.246. The van der Waals surface area contributed by atoms with E-state index in [9.17, 15) is 0 Å². The predicted molar refractivity (Wildman–Crippen MR) is 165 cm³/mol. The average molecular weight is 544 g/mol. The number of hydrogen-bond donors (Lipinski definition) is 0. The highest BCUT2D eigenvalue weighted by atomic mass is 16.5. The Bertz CT molecular complexity index is 1220. The Balaban J connectivity index is 1.67. The van der Waals surface area contributed by atoms with Gasteiger partial charge in [-0.3, -0.25) is 4.90 Å². The van der Waals surface area contributed by atoms with Crippen LogP contribution in [0.4, 0.5) is 0 Å². The molecule has 0 amide bonds. The molecule has 1 aliphatic carbocycles. The molecule has 2 heterocycles. The van der Waals surface area contributed by atoms with Crippen LogP contribution in [-0.2, 0) is 30.7 Å². The van der Waals surface area contributed by atoms with Gasteiger partial charge in [0.25, 0.3) is 0 Å². The van der Waals surface area contributed by atoms with E-state index in [2.05, 4.69) is 59.7 Å². The summed E-state index contributed by atoms with van der Waals surface area (Å²) in [6.07, 6.45) is 12.9. The molecule has 0 radical (unpaired) electrons. The van der Waals surface area contributed by atoms with Gasteiger partial charge in [-0.25, -0.2) is 4.98 Å². The molecule has 2 aromatic carbocycles. The van der Waals surface area contributed by atoms with Crippen molar-refractivity contribution in [1.29, 1.82) is 0 Å². The van der Waals surface area contributed by atoms with Crippen LogP contribution in [0.5, 0.6) is 5.75 Å². The number of likely N-dealkylation sites (tertiary alicyclic amines) is 1. The van der Waals surface area contributed by atoms with Gasteiger partial charge in [0.15, 0.2) is 0 Å². The fourth-order valence-electron chi connectivity index (χ4n) is 7.25. The van der Waals surface area contributed by atoms with Gasteiger partial charge >= 0.3 is 0 Å². The third kappa shape index (κ3) is 6.16. The lowest BCUT2D eigenvalue weighted by Gasteiger charge is -2.42. The Morgan fingerprint density at radius 3 is 2.30 bits per heavy atom. The van der Waals surface area contributed by atoms with Gasteiger partial charge in [0.2, 0.25) is 0 Å². The lowest BCUT2D eigenvalue weighted by atomic mass is 9.80. The van der Waals surface area contributed by atoms with Gasteiger partial charge in [0.1, 0.15) is 11.6 Å². The third-order valence-corrected chi connectivity index (χ3v) is 9.37. The van der Waals surface area contributed by atoms with Gasteiger partial charge in [-0.15, -0.1) is 0 Å². The molecule has 2 aliphatic rings. The third-order valence-electron chi connectivity index (χ3n) is 9.37. The summed E-state index contributed by atoms with van der Waals surface area (Å²) in [4.78, 5) is 8.34. The first kappa shape index (κ1) is 28.9. The van der Waals surface area contributed by atoms with E-state index in [0.29, 0.717) is 12.6 Å². The minimum Gasteiger partial charge on any atom is -0.497 e. The van der Waals surface area contributed by atoms with Gasteiger partial charge in [0.05, 0.1) is 25.1 Å². The molecule has 2 fully saturated rings. The first-order chi connectivity index (χ1) is 19.7. The molecule has 1 atom stereocenters. The lowest BCUT2D eigenvalue weighted by Crippen LogP contribution is -2.44. The van der Waals surface area contributed by atoms with Crippen molar-refractivity contribution in [3.05, 3.63) is 59.3 Å². The topological polar surface area (TPSA) is 39.5 Å². The van der Waals surface area contributed by atoms with E-state index < -0.39 is 0 Å². The molecule has 216 valence electrons. The first-order valence-electron chi connectivity index (χ1n) is 15.8. The first-order valence-corrected chi connectivity index (χ1v) is 15.8. The Morgan fingerprint density at radius 1 is 0.875 bits per heavy atom. The minimum atomic E-state index is 0.662. The number of rotatable bonds is 11. The Hall–Kier alpha value is -2.63. The van der Waals surface area contributed by atoms with Crippen molar-refractivity contribution in [2.45, 2.75) is 97.2 Å². The summed E-state index contributed by atoms with van der Waals surface area (Å²) in [6.45, 7) is 8.08. The second-order valence-corrected chi connectivity index (χ2v) is 11.7. The number of nitrogens with zero attached hydrogens (tertiary/aromatic N) is 3. The molecule has 1 saturated carbocycles. The normalized spacial score (nSPS) is 18.8. The number of ether oxygens (including phenoxy) is 2. The zero-order valence-corrected chi connectivity index (χ0v) is 25.3. The average Bonchev–Trinajstić information content (AvgIpc) is 3.37. The van der Waals surface area contributed by atoms with Crippen LogP contribution in [0.25, 0.3) is 22.6 Å². The van der Waals surface area contributed by atoms with Crippen LogP contribution < -0.4 is 4.74 Å². The highest BCUT2D eigenvalue weighted by Gasteiger charge is 2.33. The summed E-state index contributed by atoms with van der Waals surface area (Å²) >= 11 is 0. The summed E-state index contributed by atoms with van der Waals surface area (Å²) < 4.78 is 13.8. The van der Waals surface area contributed by atoms with Crippen LogP contribution >= 0.6 is 0 Å². The van der Waals surface area contributed by atoms with Crippen molar-refractivity contribution < 1.29 is 9.47 Å². The molecular formula is C35H49N3O2. The van der Waals surface area contributed by atoms with E-state index in [1.165, 1.54) is 80.3 Å². The molecule has 1 aliphatic heterocycles. The molecule has 5 nitrogen and oxygen atoms in total. The number of aryl methyl sites for hydroxylation is 2. The van der Waals surface area contributed by atoms with Crippen LogP contribution in [0.3, 0.4) is 0 Å². The summed E-state index contributed by atoms with van der Waals surface area (Å²) in [5.41, 5.74) is 7.57. The molecule has 1 unspecified atom stereocenters. The summed E-state index contributed by atoms with van der Waals surface area (Å²) in [5, 5.41) is 0. The Kier molecular flexibility index (Phi) is 9.98. The molecule has 0 spiro atoms. The Labute approximate surface area is 241 Å². The fraction of sp³-hybridized carbons (Fsp3) is 0.571. The molecule has 1 aromatic heterocycles. The SMILES string of the molecule is CCc1cccc(CC)c1-c1nc(-c2cccc(OC)c2)c(CN2CCCCC2C2CCCCC2)n1CCOC. The van der Waals surface area contributed by atoms with Gasteiger partial charge in [-0.1, -0.05) is 69.9 Å². The number of methoxy groups -OCH3 is 2. The minimum absolute atomic E-state index is 0.662. The smallest absolute Gasteiger partial charge is 0.141 e. The highest BCUT2D eigenvalue weighted by Crippen LogP contribution is 2.38. The molecule has 0 N–H and O–H groups in total. The van der Waals surface area contributed by atoms with Crippen LogP contribution in [0.2, 0.25) is 0 Å². The zero-order valence-electron chi connectivity index (χ0n) is 25.3. The van der Waals surface area contributed by atoms with Crippen LogP contribution in [0, 0.1) is 5.92 Å². The second-order valence-electron chi connectivity index (χ2n) is 11.7. The maximum Gasteiger partial charge on any atom is 0.141 e. The zero-order chi connectivity index (χ0) is 27.9. The van der Waals surface area contributed by atoms with E-state index in [-0.39, 0.29) is 0 Å². The van der Waals surface area contributed by atoms with Crippen molar-refractivity contribution in [2.75, 3.05) is 27.4 Å². The molecule has 1 saturated heterocycles. The monoisotopic (exact) mass is 543 g/mol. The van der Waals surface area contributed by atoms with Crippen LogP contribution in [0.1, 0.15) is 82.0 Å². The van der Waals surface area contributed by atoms with Crippen molar-refractivity contribution in [1.82, 2.24) is 14.5 Å². The standard InChI is InChI=1S/C35H49N3O2/c1-5-26-16-12-17-27(6-2)33(26)35-36-34(29-18-13-19-30(24-29)40-4)32(38(35)22-23-39-3)25-37-21-11-10-20-31(37)28-14-8-7-9-15-28/h12-13,16-19,24,28,31H,5-11,14-15,20-23,25H2,1-4H3. The Morgan fingerprint density at radius 2 is 1.60 bits per heavy atom. The molecule has 5 rings (SSSR count). The molecule has 3 aromatic rings. The number of benzene rings is 2. The second kappa shape index (κ2) is 13.8. The molecule has 5 heteroatoms. The van der Waals surface area contributed by atoms with Crippen molar-refractivity contribution in [3.8, 4) is 28.4 Å². The highest BCUT2D eigenvalue weighted by molar-refractivity contribution is 5.73. The van der Waals surface area contributed by atoms with Gasteiger partial charge in [-0.05, 0) is 74.2 Å². The largest absolute Gasteiger partial charge is 0.497 e. The van der Waals surface area contributed by atoms with Gasteiger partial charge in [0, 0.05) is 37.4 Å². The van der Waals surface area contributed by atoms with E-state index in [4.69, 9.17) is 14.5 Å². The fourth-order valence-corrected chi connectivity index (χ4v) is 7.25. The van der Waals surface area contributed by atoms with Gasteiger partial charge < -0.3 is 14.0 Å². The van der Waals surface area contributed by atoms with Crippen molar-refractivity contribution in [2.24, 2.45) is 5.92 Å². The van der Waals surface area contributed by atoms with E-state index in [1.807, 2.05) is 6.07 Å². The maximum absolute atomic E-state index is 5.68. The van der Waals surface area contributed by atoms with Crippen molar-refractivity contribution >= 4 is 0 Å². The number of imidazole rings is 1. The number of piperidine rings is 1. The molecule has 40 heavy (non-hydrogen) atoms. The van der Waals surface area contributed by atoms with Crippen molar-refractivity contribution in [3.63, 3.8) is 0 Å². The van der Waals surface area contributed by atoms with Crippen LogP contribution in [0.15, 0.2) is 42.5 Å². The van der Waals surface area contributed by atoms with E-state index in [0.717, 1.165) is 54.7 Å². The summed E-state index contributed by atoms with van der Waals surface area (Å²) in [5.74, 6) is 2.79. The number of hydrogen-bond acceptors (Lipinski definition) is 4. The number of aromatic nitrogens is 2. The lowest BCUT2D eigenvalue weighted by molar-refractivity contribution is 0.0724. The maximum atomic E-state index is 5.68. The molecular weight excluding hydrogens is 494 g/mol. The summed E-state index contributed by atoms with van der Waals surface area (Å²) in [7, 11) is 3.55. The van der Waals surface area contributed by atoms with Crippen LogP contribution in [-0.4, -0.2) is 47.9 Å². The van der Waals surface area contributed by atoms with Gasteiger partial charge in [-0.2, -0.15) is 0 Å². The summed E-state index contributed by atoms with van der Waals surface area (Å²) in [6, 6.07) is 15.9. The van der Waals surface area contributed by atoms with E-state index >= 15 is 0 Å². The molecule has 0 bridgehead atoms.